The van der Waals surface area contributed by atoms with E-state index in [1.807, 2.05) is 0 Å². The average molecular weight is 400 g/mol. The monoisotopic (exact) mass is 400 g/mol. The lowest BCUT2D eigenvalue weighted by atomic mass is 10.0. The number of sulfone groups is 1. The number of H-pyrrole nitrogens is 1. The number of aromatic amines is 1. The Morgan fingerprint density at radius 1 is 1.11 bits per heavy atom. The molecule has 0 amide bonds. The summed E-state index contributed by atoms with van der Waals surface area (Å²) in [5.41, 5.74) is 1.63. The largest absolute Gasteiger partial charge is 0.495 e. The van der Waals surface area contributed by atoms with E-state index in [2.05, 4.69) is 10.2 Å². The topological polar surface area (TPSA) is 98.4 Å². The second-order valence-electron chi connectivity index (χ2n) is 5.94. The second-order valence-corrected chi connectivity index (χ2v) is 7.93. The van der Waals surface area contributed by atoms with Crippen molar-refractivity contribution in [3.05, 3.63) is 65.9 Å². The summed E-state index contributed by atoms with van der Waals surface area (Å²) in [6, 6.07) is 13.1. The summed E-state index contributed by atoms with van der Waals surface area (Å²) >= 11 is 0. The van der Waals surface area contributed by atoms with Crippen LogP contribution in [0.25, 0.3) is 11.3 Å². The molecular formula is C20H20N2O5S. The van der Waals surface area contributed by atoms with E-state index in [0.717, 1.165) is 0 Å². The van der Waals surface area contributed by atoms with E-state index in [0.29, 0.717) is 16.8 Å². The molecule has 0 unspecified atom stereocenters. The summed E-state index contributed by atoms with van der Waals surface area (Å²) in [4.78, 5) is 12.8. The van der Waals surface area contributed by atoms with Gasteiger partial charge in [-0.15, -0.1) is 0 Å². The van der Waals surface area contributed by atoms with Crippen LogP contribution in [0, 0.1) is 0 Å². The van der Waals surface area contributed by atoms with Gasteiger partial charge in [0.15, 0.2) is 9.84 Å². The molecule has 8 heteroatoms. The number of carbonyl (C=O) groups excluding carboxylic acids is 1. The van der Waals surface area contributed by atoms with Crippen molar-refractivity contribution in [1.82, 2.24) is 10.2 Å². The predicted octanol–water partition coefficient (Wildman–Crippen LogP) is 3.24. The fourth-order valence-electron chi connectivity index (χ4n) is 2.92. The number of ether oxygens (including phenoxy) is 2. The summed E-state index contributed by atoms with van der Waals surface area (Å²) in [6.07, 6.45) is 1.58. The number of aromatic nitrogens is 2. The van der Waals surface area contributed by atoms with Gasteiger partial charge in [0.25, 0.3) is 0 Å². The minimum atomic E-state index is -3.66. The van der Waals surface area contributed by atoms with E-state index in [1.54, 1.807) is 49.5 Å². The van der Waals surface area contributed by atoms with Crippen LogP contribution in [0.15, 0.2) is 59.6 Å². The molecule has 0 atom stereocenters. The standard InChI is InChI=1S/C20H20N2O5S/c1-3-27-20(23)18-14(13-28(24,25)15-7-5-4-6-8-15)9-10-16(19(18)26-2)17-11-12-21-22-17/h4-12H,3,13H2,1-2H3,(H,21,22). The van der Waals surface area contributed by atoms with Gasteiger partial charge < -0.3 is 9.47 Å². The molecule has 0 aliphatic rings. The summed E-state index contributed by atoms with van der Waals surface area (Å²) in [7, 11) is -2.24. The van der Waals surface area contributed by atoms with E-state index in [1.165, 1.54) is 19.2 Å². The number of nitrogens with one attached hydrogen (secondary N) is 1. The van der Waals surface area contributed by atoms with Gasteiger partial charge in [0, 0.05) is 11.8 Å². The Bertz CT molecular complexity index is 1060. The van der Waals surface area contributed by atoms with Crippen molar-refractivity contribution in [3.8, 4) is 17.0 Å². The number of nitrogens with zero attached hydrogens (tertiary/aromatic N) is 1. The van der Waals surface area contributed by atoms with Crippen molar-refractivity contribution >= 4 is 15.8 Å². The first kappa shape index (κ1) is 19.6. The van der Waals surface area contributed by atoms with E-state index in [4.69, 9.17) is 9.47 Å². The minimum absolute atomic E-state index is 0.0935. The van der Waals surface area contributed by atoms with Gasteiger partial charge in [-0.3, -0.25) is 5.10 Å². The first-order chi connectivity index (χ1) is 13.5. The third kappa shape index (κ3) is 3.91. The first-order valence-corrected chi connectivity index (χ1v) is 10.3. The van der Waals surface area contributed by atoms with E-state index >= 15 is 0 Å². The van der Waals surface area contributed by atoms with Crippen molar-refractivity contribution in [2.24, 2.45) is 0 Å². The highest BCUT2D eigenvalue weighted by atomic mass is 32.2. The lowest BCUT2D eigenvalue weighted by Gasteiger charge is -2.16. The maximum atomic E-state index is 12.8. The van der Waals surface area contributed by atoms with E-state index < -0.39 is 15.8 Å². The molecule has 28 heavy (non-hydrogen) atoms. The number of carbonyl (C=O) groups is 1. The summed E-state index contributed by atoms with van der Waals surface area (Å²) in [5, 5.41) is 6.73. The molecule has 0 bridgehead atoms. The summed E-state index contributed by atoms with van der Waals surface area (Å²) in [6.45, 7) is 1.84. The summed E-state index contributed by atoms with van der Waals surface area (Å²) < 4.78 is 36.3. The molecule has 3 rings (SSSR count). The zero-order valence-corrected chi connectivity index (χ0v) is 16.3. The summed E-state index contributed by atoms with van der Waals surface area (Å²) in [5.74, 6) is -0.757. The molecule has 7 nitrogen and oxygen atoms in total. The lowest BCUT2D eigenvalue weighted by molar-refractivity contribution is 0.0522. The van der Waals surface area contributed by atoms with Crippen molar-refractivity contribution in [2.45, 2.75) is 17.6 Å². The molecular weight excluding hydrogens is 380 g/mol. The Kier molecular flexibility index (Phi) is 5.79. The number of rotatable bonds is 7. The van der Waals surface area contributed by atoms with Crippen molar-refractivity contribution in [2.75, 3.05) is 13.7 Å². The molecule has 0 aliphatic heterocycles. The average Bonchev–Trinajstić information content (AvgIpc) is 3.22. The molecule has 0 aliphatic carbocycles. The van der Waals surface area contributed by atoms with Crippen LogP contribution in [0.1, 0.15) is 22.8 Å². The Labute approximate surface area is 163 Å². The Morgan fingerprint density at radius 2 is 1.86 bits per heavy atom. The second kappa shape index (κ2) is 8.26. The quantitative estimate of drug-likeness (QED) is 0.612. The van der Waals surface area contributed by atoms with Crippen LogP contribution in [0.5, 0.6) is 5.75 Å². The molecule has 0 saturated carbocycles. The molecule has 3 aromatic rings. The Hall–Kier alpha value is -3.13. The third-order valence-electron chi connectivity index (χ3n) is 4.17. The number of esters is 1. The third-order valence-corrected chi connectivity index (χ3v) is 5.85. The van der Waals surface area contributed by atoms with Gasteiger partial charge in [-0.1, -0.05) is 24.3 Å². The van der Waals surface area contributed by atoms with Gasteiger partial charge in [0.05, 0.1) is 30.1 Å². The molecule has 1 heterocycles. The van der Waals surface area contributed by atoms with Crippen LogP contribution in [0.4, 0.5) is 0 Å². The highest BCUT2D eigenvalue weighted by Gasteiger charge is 2.26. The van der Waals surface area contributed by atoms with Gasteiger partial charge in [-0.2, -0.15) is 5.10 Å². The zero-order chi connectivity index (χ0) is 20.1. The van der Waals surface area contributed by atoms with Crippen LogP contribution in [-0.4, -0.2) is 38.3 Å². The molecule has 0 spiro atoms. The highest BCUT2D eigenvalue weighted by Crippen LogP contribution is 2.36. The number of hydrogen-bond donors (Lipinski definition) is 1. The molecule has 1 aromatic heterocycles. The van der Waals surface area contributed by atoms with Crippen LogP contribution >= 0.6 is 0 Å². The lowest BCUT2D eigenvalue weighted by Crippen LogP contribution is -2.14. The fraction of sp³-hybridized carbons (Fsp3) is 0.200. The van der Waals surface area contributed by atoms with Crippen LogP contribution in [-0.2, 0) is 20.3 Å². The molecule has 1 N–H and O–H groups in total. The Balaban J connectivity index is 2.14. The zero-order valence-electron chi connectivity index (χ0n) is 15.5. The van der Waals surface area contributed by atoms with Gasteiger partial charge >= 0.3 is 5.97 Å². The molecule has 0 fully saturated rings. The number of benzene rings is 2. The van der Waals surface area contributed by atoms with E-state index in [-0.39, 0.29) is 28.6 Å². The predicted molar refractivity (Wildman–Crippen MR) is 104 cm³/mol. The van der Waals surface area contributed by atoms with Crippen LogP contribution < -0.4 is 4.74 Å². The molecule has 0 saturated heterocycles. The molecule has 0 radical (unpaired) electrons. The molecule has 146 valence electrons. The van der Waals surface area contributed by atoms with Crippen molar-refractivity contribution in [1.29, 1.82) is 0 Å². The SMILES string of the molecule is CCOC(=O)c1c(CS(=O)(=O)c2ccccc2)ccc(-c2ccn[nH]2)c1OC. The van der Waals surface area contributed by atoms with Crippen molar-refractivity contribution < 1.29 is 22.7 Å². The van der Waals surface area contributed by atoms with Gasteiger partial charge in [0.2, 0.25) is 0 Å². The smallest absolute Gasteiger partial charge is 0.342 e. The van der Waals surface area contributed by atoms with Crippen molar-refractivity contribution in [3.63, 3.8) is 0 Å². The fourth-order valence-corrected chi connectivity index (χ4v) is 4.31. The maximum absolute atomic E-state index is 12.8. The molecule has 2 aromatic carbocycles. The minimum Gasteiger partial charge on any atom is -0.495 e. The van der Waals surface area contributed by atoms with Gasteiger partial charge in [-0.25, -0.2) is 13.2 Å². The normalized spacial score (nSPS) is 11.2. The van der Waals surface area contributed by atoms with Crippen LogP contribution in [0.2, 0.25) is 0 Å². The highest BCUT2D eigenvalue weighted by molar-refractivity contribution is 7.90. The Morgan fingerprint density at radius 3 is 2.46 bits per heavy atom. The van der Waals surface area contributed by atoms with Gasteiger partial charge in [-0.05, 0) is 36.8 Å². The number of methoxy groups -OCH3 is 1. The first-order valence-electron chi connectivity index (χ1n) is 8.62. The van der Waals surface area contributed by atoms with E-state index in [9.17, 15) is 13.2 Å². The van der Waals surface area contributed by atoms with Crippen LogP contribution in [0.3, 0.4) is 0 Å². The number of hydrogen-bond acceptors (Lipinski definition) is 6. The van der Waals surface area contributed by atoms with Gasteiger partial charge in [0.1, 0.15) is 11.3 Å². The maximum Gasteiger partial charge on any atom is 0.342 e.